The second-order valence-corrected chi connectivity index (χ2v) is 7.21. The first-order valence-corrected chi connectivity index (χ1v) is 9.10. The van der Waals surface area contributed by atoms with E-state index < -0.39 is 0 Å². The maximum absolute atomic E-state index is 12.6. The Kier molecular flexibility index (Phi) is 4.22. The van der Waals surface area contributed by atoms with Gasteiger partial charge in [-0.25, -0.2) is 4.98 Å². The first-order chi connectivity index (χ1) is 12.5. The molecule has 2 aliphatic rings. The molecule has 1 saturated carbocycles. The van der Waals surface area contributed by atoms with Gasteiger partial charge >= 0.3 is 0 Å². The highest BCUT2D eigenvalue weighted by Gasteiger charge is 2.44. The minimum absolute atomic E-state index is 0.110. The van der Waals surface area contributed by atoms with E-state index >= 15 is 0 Å². The number of nitrogens with zero attached hydrogens (tertiary/aromatic N) is 4. The number of pyridine rings is 1. The lowest BCUT2D eigenvalue weighted by Crippen LogP contribution is -2.42. The molecule has 1 N–H and O–H groups in total. The van der Waals surface area contributed by atoms with Crippen molar-refractivity contribution in [3.05, 3.63) is 47.8 Å². The Balaban J connectivity index is 1.45. The summed E-state index contributed by atoms with van der Waals surface area (Å²) in [6.07, 6.45) is 4.46. The van der Waals surface area contributed by atoms with Crippen LogP contribution in [0.2, 0.25) is 0 Å². The third-order valence-corrected chi connectivity index (χ3v) is 5.33. The summed E-state index contributed by atoms with van der Waals surface area (Å²) in [6, 6.07) is 5.48. The Morgan fingerprint density at radius 1 is 1.27 bits per heavy atom. The largest absolute Gasteiger partial charge is 0.345 e. The Morgan fingerprint density at radius 2 is 2.08 bits per heavy atom. The van der Waals surface area contributed by atoms with Crippen molar-refractivity contribution in [3.63, 3.8) is 0 Å². The normalized spacial score (nSPS) is 24.1. The number of imidazole rings is 1. The fourth-order valence-electron chi connectivity index (χ4n) is 3.54. The predicted octanol–water partition coefficient (Wildman–Crippen LogP) is 1.77. The molecule has 0 bridgehead atoms. The second-order valence-electron chi connectivity index (χ2n) is 7.21. The summed E-state index contributed by atoms with van der Waals surface area (Å²) in [5, 5.41) is 2.85. The van der Waals surface area contributed by atoms with Gasteiger partial charge in [0.05, 0.1) is 18.3 Å². The van der Waals surface area contributed by atoms with Crippen LogP contribution in [0.5, 0.6) is 0 Å². The van der Waals surface area contributed by atoms with Crippen LogP contribution in [0.3, 0.4) is 0 Å². The van der Waals surface area contributed by atoms with E-state index in [1.54, 1.807) is 12.4 Å². The monoisotopic (exact) mass is 353 g/mol. The molecule has 1 aliphatic heterocycles. The molecule has 7 nitrogen and oxygen atoms in total. The molecule has 0 unspecified atom stereocenters. The molecule has 7 heteroatoms. The van der Waals surface area contributed by atoms with Crippen LogP contribution >= 0.6 is 0 Å². The number of amides is 2. The van der Waals surface area contributed by atoms with E-state index in [-0.39, 0.29) is 23.8 Å². The van der Waals surface area contributed by atoms with Crippen LogP contribution in [0.15, 0.2) is 30.6 Å². The van der Waals surface area contributed by atoms with Crippen LogP contribution in [0.1, 0.15) is 48.3 Å². The van der Waals surface area contributed by atoms with Gasteiger partial charge in [-0.1, -0.05) is 13.0 Å². The van der Waals surface area contributed by atoms with Gasteiger partial charge in [0.1, 0.15) is 11.5 Å². The van der Waals surface area contributed by atoms with Crippen LogP contribution in [-0.4, -0.2) is 37.8 Å². The highest BCUT2D eigenvalue weighted by atomic mass is 16.2. The zero-order chi connectivity index (χ0) is 18.3. The minimum Gasteiger partial charge on any atom is -0.345 e. The van der Waals surface area contributed by atoms with E-state index in [0.29, 0.717) is 31.2 Å². The zero-order valence-corrected chi connectivity index (χ0v) is 15.1. The molecule has 2 aromatic rings. The highest BCUT2D eigenvalue weighted by molar-refractivity contribution is 5.92. The fourth-order valence-corrected chi connectivity index (χ4v) is 3.54. The molecule has 4 rings (SSSR count). The smallest absolute Gasteiger partial charge is 0.271 e. The molecule has 136 valence electrons. The van der Waals surface area contributed by atoms with Crippen molar-refractivity contribution in [1.29, 1.82) is 0 Å². The fraction of sp³-hybridized carbons (Fsp3) is 0.474. The number of fused-ring (bicyclic) bond motifs is 1. The SMILES string of the molecule is C[C@@H]1C[C@@H]1C(=O)N1CCn2cc(C(=O)NCc3ccccn3)nc2[C@H]1C. The zero-order valence-electron chi connectivity index (χ0n) is 15.1. The topological polar surface area (TPSA) is 80.1 Å². The van der Waals surface area contributed by atoms with Crippen molar-refractivity contribution in [2.45, 2.75) is 39.4 Å². The van der Waals surface area contributed by atoms with Gasteiger partial charge in [0.2, 0.25) is 5.91 Å². The van der Waals surface area contributed by atoms with Crippen LogP contribution < -0.4 is 5.32 Å². The van der Waals surface area contributed by atoms with Crippen LogP contribution in [-0.2, 0) is 17.9 Å². The summed E-state index contributed by atoms with van der Waals surface area (Å²) < 4.78 is 1.99. The van der Waals surface area contributed by atoms with E-state index in [0.717, 1.165) is 17.9 Å². The average molecular weight is 353 g/mol. The van der Waals surface area contributed by atoms with E-state index in [1.807, 2.05) is 34.6 Å². The lowest BCUT2D eigenvalue weighted by Gasteiger charge is -2.34. The third-order valence-electron chi connectivity index (χ3n) is 5.33. The molecule has 1 aliphatic carbocycles. The number of carbonyl (C=O) groups excluding carboxylic acids is 2. The van der Waals surface area contributed by atoms with Gasteiger partial charge in [-0.05, 0) is 31.4 Å². The molecule has 0 radical (unpaired) electrons. The van der Waals surface area contributed by atoms with Gasteiger partial charge in [0.15, 0.2) is 0 Å². The molecular formula is C19H23N5O2. The van der Waals surface area contributed by atoms with Crippen molar-refractivity contribution in [2.24, 2.45) is 11.8 Å². The number of hydrogen-bond donors (Lipinski definition) is 1. The van der Waals surface area contributed by atoms with Gasteiger partial charge < -0.3 is 14.8 Å². The molecule has 0 spiro atoms. The Hall–Kier alpha value is -2.70. The first-order valence-electron chi connectivity index (χ1n) is 9.10. The predicted molar refractivity (Wildman–Crippen MR) is 95.0 cm³/mol. The Labute approximate surface area is 152 Å². The number of nitrogens with one attached hydrogen (secondary N) is 1. The summed E-state index contributed by atoms with van der Waals surface area (Å²) in [6.45, 7) is 5.80. The third kappa shape index (κ3) is 3.09. The summed E-state index contributed by atoms with van der Waals surface area (Å²) in [4.78, 5) is 35.6. The Morgan fingerprint density at radius 3 is 2.77 bits per heavy atom. The van der Waals surface area contributed by atoms with Gasteiger partial charge in [-0.3, -0.25) is 14.6 Å². The number of carbonyl (C=O) groups is 2. The summed E-state index contributed by atoms with van der Waals surface area (Å²) in [5.74, 6) is 1.43. The van der Waals surface area contributed by atoms with Crippen molar-refractivity contribution >= 4 is 11.8 Å². The lowest BCUT2D eigenvalue weighted by molar-refractivity contribution is -0.136. The minimum atomic E-state index is -0.224. The van der Waals surface area contributed by atoms with Gasteiger partial charge in [-0.15, -0.1) is 0 Å². The molecule has 1 fully saturated rings. The Bertz CT molecular complexity index is 832. The summed E-state index contributed by atoms with van der Waals surface area (Å²) in [5.41, 5.74) is 1.19. The van der Waals surface area contributed by atoms with Gasteiger partial charge in [-0.2, -0.15) is 0 Å². The summed E-state index contributed by atoms with van der Waals surface area (Å²) >= 11 is 0. The van der Waals surface area contributed by atoms with E-state index in [1.165, 1.54) is 0 Å². The van der Waals surface area contributed by atoms with Gasteiger partial charge in [0.25, 0.3) is 5.91 Å². The average Bonchev–Trinajstić information content (AvgIpc) is 3.21. The lowest BCUT2D eigenvalue weighted by atomic mass is 10.1. The molecule has 3 heterocycles. The maximum Gasteiger partial charge on any atom is 0.271 e. The molecule has 26 heavy (non-hydrogen) atoms. The van der Waals surface area contributed by atoms with Crippen LogP contribution in [0, 0.1) is 11.8 Å². The van der Waals surface area contributed by atoms with Crippen molar-refractivity contribution in [3.8, 4) is 0 Å². The van der Waals surface area contributed by atoms with Crippen LogP contribution in [0.4, 0.5) is 0 Å². The molecule has 2 amide bonds. The number of rotatable bonds is 4. The van der Waals surface area contributed by atoms with Crippen molar-refractivity contribution < 1.29 is 9.59 Å². The molecule has 0 saturated heterocycles. The van der Waals surface area contributed by atoms with Crippen LogP contribution in [0.25, 0.3) is 0 Å². The number of hydrogen-bond acceptors (Lipinski definition) is 4. The molecule has 0 aromatic carbocycles. The highest BCUT2D eigenvalue weighted by Crippen LogP contribution is 2.41. The first kappa shape index (κ1) is 16.8. The molecular weight excluding hydrogens is 330 g/mol. The molecule has 2 aromatic heterocycles. The van der Waals surface area contributed by atoms with Crippen molar-refractivity contribution in [1.82, 2.24) is 24.8 Å². The van der Waals surface area contributed by atoms with E-state index in [9.17, 15) is 9.59 Å². The van der Waals surface area contributed by atoms with Crippen molar-refractivity contribution in [2.75, 3.05) is 6.54 Å². The molecule has 3 atom stereocenters. The maximum atomic E-state index is 12.6. The van der Waals surface area contributed by atoms with Gasteiger partial charge in [0, 0.05) is 31.4 Å². The standard InChI is InChI=1S/C19H23N5O2/c1-12-9-15(12)19(26)24-8-7-23-11-16(22-17(23)13(24)2)18(25)21-10-14-5-3-4-6-20-14/h3-6,11-13,15H,7-10H2,1-2H3,(H,21,25)/t12-,13-,15+/m1/s1. The second kappa shape index (κ2) is 6.55. The quantitative estimate of drug-likeness (QED) is 0.908. The van der Waals surface area contributed by atoms with E-state index in [2.05, 4.69) is 22.2 Å². The van der Waals surface area contributed by atoms with E-state index in [4.69, 9.17) is 0 Å². The number of aromatic nitrogens is 3. The summed E-state index contributed by atoms with van der Waals surface area (Å²) in [7, 11) is 0.